The van der Waals surface area contributed by atoms with Crippen LogP contribution in [0.5, 0.6) is 0 Å². The highest BCUT2D eigenvalue weighted by Crippen LogP contribution is 2.28. The molecule has 0 spiro atoms. The third kappa shape index (κ3) is 3.53. The van der Waals surface area contributed by atoms with Crippen LogP contribution in [0.15, 0.2) is 17.1 Å². The smallest absolute Gasteiger partial charge is 0.368 e. The maximum atomic E-state index is 12.8. The highest BCUT2D eigenvalue weighted by Gasteiger charge is 2.41. The SMILES string of the molecule is CN1CCN(c2cnn(C(CN)C(F)(F)F)c(=O)c2)CC1. The molecule has 6 nitrogen and oxygen atoms in total. The molecular formula is C12H18F3N5O. The van der Waals surface area contributed by atoms with Crippen LogP contribution in [0.3, 0.4) is 0 Å². The van der Waals surface area contributed by atoms with Crippen molar-refractivity contribution >= 4 is 5.69 Å². The van der Waals surface area contributed by atoms with Gasteiger partial charge >= 0.3 is 6.18 Å². The van der Waals surface area contributed by atoms with Gasteiger partial charge in [0.15, 0.2) is 6.04 Å². The van der Waals surface area contributed by atoms with Gasteiger partial charge in [-0.05, 0) is 7.05 Å². The second kappa shape index (κ2) is 6.02. The Morgan fingerprint density at radius 2 is 1.95 bits per heavy atom. The fourth-order valence-corrected chi connectivity index (χ4v) is 2.25. The van der Waals surface area contributed by atoms with Crippen molar-refractivity contribution in [2.45, 2.75) is 12.2 Å². The number of alkyl halides is 3. The summed E-state index contributed by atoms with van der Waals surface area (Å²) in [6.07, 6.45) is -3.30. The fourth-order valence-electron chi connectivity index (χ4n) is 2.25. The lowest BCUT2D eigenvalue weighted by atomic mass is 10.2. The Balaban J connectivity index is 2.23. The monoisotopic (exact) mass is 305 g/mol. The molecule has 2 heterocycles. The molecule has 2 N–H and O–H groups in total. The van der Waals surface area contributed by atoms with E-state index in [0.717, 1.165) is 13.1 Å². The standard InChI is InChI=1S/C12H18F3N5O/c1-18-2-4-19(5-3-18)9-6-11(21)20(17-8-9)10(7-16)12(13,14)15/h6,8,10H,2-5,7,16H2,1H3. The van der Waals surface area contributed by atoms with Gasteiger partial charge in [0, 0.05) is 38.8 Å². The van der Waals surface area contributed by atoms with Crippen molar-refractivity contribution in [2.24, 2.45) is 5.73 Å². The maximum Gasteiger partial charge on any atom is 0.412 e. The topological polar surface area (TPSA) is 67.4 Å². The molecule has 1 aromatic rings. The third-order valence-corrected chi connectivity index (χ3v) is 3.58. The Hall–Kier alpha value is -1.61. The first-order valence-corrected chi connectivity index (χ1v) is 6.62. The average Bonchev–Trinajstić information content (AvgIpc) is 2.41. The second-order valence-corrected chi connectivity index (χ2v) is 5.08. The molecule has 118 valence electrons. The number of hydrogen-bond donors (Lipinski definition) is 1. The highest BCUT2D eigenvalue weighted by atomic mass is 19.4. The first-order valence-electron chi connectivity index (χ1n) is 6.62. The molecule has 1 fully saturated rings. The molecule has 1 aromatic heterocycles. The zero-order valence-corrected chi connectivity index (χ0v) is 11.7. The lowest BCUT2D eigenvalue weighted by molar-refractivity contribution is -0.168. The van der Waals surface area contributed by atoms with Crippen molar-refractivity contribution in [1.29, 1.82) is 0 Å². The normalized spacial score (nSPS) is 18.8. The van der Waals surface area contributed by atoms with Crippen LogP contribution in [0.4, 0.5) is 18.9 Å². The van der Waals surface area contributed by atoms with E-state index in [1.54, 1.807) is 0 Å². The predicted molar refractivity (Wildman–Crippen MR) is 72.4 cm³/mol. The summed E-state index contributed by atoms with van der Waals surface area (Å²) in [5.41, 5.74) is 4.87. The molecule has 1 atom stereocenters. The van der Waals surface area contributed by atoms with Crippen molar-refractivity contribution in [3.63, 3.8) is 0 Å². The molecule has 1 saturated heterocycles. The number of aromatic nitrogens is 2. The molecule has 9 heteroatoms. The summed E-state index contributed by atoms with van der Waals surface area (Å²) in [5, 5.41) is 3.66. The zero-order chi connectivity index (χ0) is 15.6. The van der Waals surface area contributed by atoms with E-state index in [-0.39, 0.29) is 0 Å². The number of rotatable bonds is 3. The van der Waals surface area contributed by atoms with Crippen LogP contribution in [0, 0.1) is 0 Å². The van der Waals surface area contributed by atoms with Crippen molar-refractivity contribution in [1.82, 2.24) is 14.7 Å². The van der Waals surface area contributed by atoms with Crippen molar-refractivity contribution < 1.29 is 13.2 Å². The van der Waals surface area contributed by atoms with Crippen LogP contribution < -0.4 is 16.2 Å². The summed E-state index contributed by atoms with van der Waals surface area (Å²) >= 11 is 0. The van der Waals surface area contributed by atoms with E-state index >= 15 is 0 Å². The van der Waals surface area contributed by atoms with Crippen molar-refractivity contribution in [2.75, 3.05) is 44.7 Å². The summed E-state index contributed by atoms with van der Waals surface area (Å²) in [6.45, 7) is 2.36. The Bertz CT molecular complexity index is 536. The van der Waals surface area contributed by atoms with Crippen LogP contribution in [0.25, 0.3) is 0 Å². The number of nitrogens with zero attached hydrogens (tertiary/aromatic N) is 4. The molecule has 1 unspecified atom stereocenters. The van der Waals surface area contributed by atoms with Gasteiger partial charge < -0.3 is 15.5 Å². The van der Waals surface area contributed by atoms with Crippen LogP contribution >= 0.6 is 0 Å². The Morgan fingerprint density at radius 1 is 1.33 bits per heavy atom. The molecule has 0 saturated carbocycles. The number of nitrogens with two attached hydrogens (primary N) is 1. The maximum absolute atomic E-state index is 12.8. The van der Waals surface area contributed by atoms with Gasteiger partial charge in [-0.2, -0.15) is 18.3 Å². The molecule has 1 aliphatic heterocycles. The zero-order valence-electron chi connectivity index (χ0n) is 11.7. The van der Waals surface area contributed by atoms with E-state index in [1.807, 2.05) is 11.9 Å². The minimum Gasteiger partial charge on any atom is -0.368 e. The first-order chi connectivity index (χ1) is 9.82. The second-order valence-electron chi connectivity index (χ2n) is 5.08. The van der Waals surface area contributed by atoms with Gasteiger partial charge in [0.25, 0.3) is 5.56 Å². The van der Waals surface area contributed by atoms with Crippen LogP contribution in [-0.2, 0) is 0 Å². The summed E-state index contributed by atoms with van der Waals surface area (Å²) in [7, 11) is 1.99. The lowest BCUT2D eigenvalue weighted by Crippen LogP contribution is -2.45. The predicted octanol–water partition coefficient (Wildman–Crippen LogP) is 0.0572. The van der Waals surface area contributed by atoms with Crippen molar-refractivity contribution in [3.8, 4) is 0 Å². The van der Waals surface area contributed by atoms with Gasteiger partial charge in [-0.25, -0.2) is 4.68 Å². The van der Waals surface area contributed by atoms with Gasteiger partial charge in [0.2, 0.25) is 0 Å². The van der Waals surface area contributed by atoms with Crippen LogP contribution in [0.1, 0.15) is 6.04 Å². The number of halogens is 3. The minimum atomic E-state index is -4.60. The summed E-state index contributed by atoms with van der Waals surface area (Å²) < 4.78 is 38.8. The van der Waals surface area contributed by atoms with E-state index < -0.39 is 24.3 Å². The fraction of sp³-hybridized carbons (Fsp3) is 0.667. The van der Waals surface area contributed by atoms with Gasteiger partial charge in [0.05, 0.1) is 11.9 Å². The summed E-state index contributed by atoms with van der Waals surface area (Å²) in [6, 6.07) is -0.904. The Morgan fingerprint density at radius 3 is 2.43 bits per heavy atom. The third-order valence-electron chi connectivity index (χ3n) is 3.58. The molecule has 21 heavy (non-hydrogen) atoms. The highest BCUT2D eigenvalue weighted by molar-refractivity contribution is 5.43. The van der Waals surface area contributed by atoms with Crippen LogP contribution in [0.2, 0.25) is 0 Å². The molecule has 0 aliphatic carbocycles. The quantitative estimate of drug-likeness (QED) is 0.855. The molecular weight excluding hydrogens is 287 g/mol. The van der Waals surface area contributed by atoms with E-state index in [4.69, 9.17) is 5.73 Å². The van der Waals surface area contributed by atoms with E-state index in [9.17, 15) is 18.0 Å². The first kappa shape index (κ1) is 15.8. The molecule has 1 aliphatic rings. The number of piperazine rings is 1. The molecule has 0 aromatic carbocycles. The number of anilines is 1. The van der Waals surface area contributed by atoms with Crippen molar-refractivity contribution in [3.05, 3.63) is 22.6 Å². The van der Waals surface area contributed by atoms with Gasteiger partial charge in [-0.15, -0.1) is 0 Å². The van der Waals surface area contributed by atoms with E-state index in [1.165, 1.54) is 12.3 Å². The Kier molecular flexibility index (Phi) is 4.52. The summed E-state index contributed by atoms with van der Waals surface area (Å²) in [4.78, 5) is 16.0. The van der Waals surface area contributed by atoms with Gasteiger partial charge in [-0.3, -0.25) is 4.79 Å². The molecule has 0 radical (unpaired) electrons. The van der Waals surface area contributed by atoms with Gasteiger partial charge in [-0.1, -0.05) is 0 Å². The van der Waals surface area contributed by atoms with Gasteiger partial charge in [0.1, 0.15) is 0 Å². The number of likely N-dealkylation sites (N-methyl/N-ethyl adjacent to an activating group) is 1. The molecule has 0 bridgehead atoms. The van der Waals surface area contributed by atoms with E-state index in [2.05, 4.69) is 10.00 Å². The number of hydrogen-bond acceptors (Lipinski definition) is 5. The summed E-state index contributed by atoms with van der Waals surface area (Å²) in [5.74, 6) is 0. The average molecular weight is 305 g/mol. The van der Waals surface area contributed by atoms with Crippen LogP contribution in [-0.4, -0.2) is 60.6 Å². The molecule has 0 amide bonds. The molecule has 2 rings (SSSR count). The minimum absolute atomic E-state index is 0.402. The lowest BCUT2D eigenvalue weighted by Gasteiger charge is -2.33. The largest absolute Gasteiger partial charge is 0.412 e. The Labute approximate surface area is 119 Å². The van der Waals surface area contributed by atoms with E-state index in [0.29, 0.717) is 23.5 Å².